The summed E-state index contributed by atoms with van der Waals surface area (Å²) < 4.78 is 4.83. The average molecular weight is 273 g/mol. The van der Waals surface area contributed by atoms with E-state index in [1.807, 2.05) is 0 Å². The number of carbonyl (C=O) groups excluding carboxylic acids is 1. The molecule has 0 aliphatic carbocycles. The minimum Gasteiger partial charge on any atom is -0.505 e. The van der Waals surface area contributed by atoms with Gasteiger partial charge in [0.1, 0.15) is 15.8 Å². The molecular weight excluding hydrogens is 264 g/mol. The van der Waals surface area contributed by atoms with Gasteiger partial charge in [-0.05, 0) is 13.8 Å². The Balaban J connectivity index is 2.64. The monoisotopic (exact) mass is 272 g/mol. The number of aromatic nitrogens is 2. The molecule has 0 saturated heterocycles. The number of ether oxygens (including phenoxy) is 1. The smallest absolute Gasteiger partial charge is 0.352 e. The van der Waals surface area contributed by atoms with Crippen molar-refractivity contribution in [2.45, 2.75) is 13.8 Å². The van der Waals surface area contributed by atoms with Crippen molar-refractivity contribution in [3.63, 3.8) is 0 Å². The fourth-order valence-corrected chi connectivity index (χ4v) is 2.75. The third-order valence-electron chi connectivity index (χ3n) is 2.05. The molecule has 0 spiro atoms. The molecule has 0 aliphatic heterocycles. The zero-order valence-electron chi connectivity index (χ0n) is 9.15. The van der Waals surface area contributed by atoms with Gasteiger partial charge in [-0.25, -0.2) is 14.8 Å². The predicted molar refractivity (Wildman–Crippen MR) is 64.8 cm³/mol. The fraction of sp³-hybridized carbons (Fsp3) is 0.300. The lowest BCUT2D eigenvalue weighted by Crippen LogP contribution is -2.01. The Labute approximate surface area is 106 Å². The molecule has 0 fully saturated rings. The van der Waals surface area contributed by atoms with Crippen molar-refractivity contribution in [2.24, 2.45) is 0 Å². The molecule has 1 N–H and O–H groups in total. The minimum atomic E-state index is -0.582. The first-order valence-electron chi connectivity index (χ1n) is 4.87. The van der Waals surface area contributed by atoms with Crippen LogP contribution in [0.5, 0.6) is 5.75 Å². The molecule has 90 valence electrons. The van der Waals surface area contributed by atoms with Crippen molar-refractivity contribution in [2.75, 3.05) is 6.61 Å². The van der Waals surface area contributed by atoms with Gasteiger partial charge in [0.05, 0.1) is 12.0 Å². The summed E-state index contributed by atoms with van der Waals surface area (Å²) in [5.41, 5.74) is 0. The Kier molecular flexibility index (Phi) is 3.17. The Bertz CT molecular complexity index is 597. The molecule has 2 heterocycles. The predicted octanol–water partition coefficient (Wildman–Crippen LogP) is 2.54. The second-order valence-corrected chi connectivity index (χ2v) is 4.60. The highest BCUT2D eigenvalue weighted by molar-refractivity contribution is 7.20. The van der Waals surface area contributed by atoms with Gasteiger partial charge in [-0.1, -0.05) is 11.6 Å². The lowest BCUT2D eigenvalue weighted by atomic mass is 10.3. The van der Waals surface area contributed by atoms with Gasteiger partial charge in [0.25, 0.3) is 0 Å². The summed E-state index contributed by atoms with van der Waals surface area (Å²) in [6.45, 7) is 3.62. The van der Waals surface area contributed by atoms with Gasteiger partial charge in [0.15, 0.2) is 10.6 Å². The van der Waals surface area contributed by atoms with Crippen LogP contribution in [0, 0.1) is 6.92 Å². The van der Waals surface area contributed by atoms with Gasteiger partial charge in [-0.2, -0.15) is 0 Å². The highest BCUT2D eigenvalue weighted by Gasteiger charge is 2.22. The number of nitrogens with zero attached hydrogens (tertiary/aromatic N) is 2. The first-order valence-corrected chi connectivity index (χ1v) is 6.06. The number of esters is 1. The summed E-state index contributed by atoms with van der Waals surface area (Å²) >= 11 is 6.95. The molecule has 5 nitrogen and oxygen atoms in total. The van der Waals surface area contributed by atoms with Gasteiger partial charge >= 0.3 is 5.97 Å². The lowest BCUT2D eigenvalue weighted by molar-refractivity contribution is 0.0529. The topological polar surface area (TPSA) is 72.3 Å². The van der Waals surface area contributed by atoms with Crippen LogP contribution < -0.4 is 0 Å². The summed E-state index contributed by atoms with van der Waals surface area (Å²) in [4.78, 5) is 20.2. The summed E-state index contributed by atoms with van der Waals surface area (Å²) in [6, 6.07) is 0. The Morgan fingerprint density at radius 3 is 2.88 bits per heavy atom. The Hall–Kier alpha value is -1.40. The molecule has 2 rings (SSSR count). The number of hydrogen-bond donors (Lipinski definition) is 1. The Morgan fingerprint density at radius 1 is 1.53 bits per heavy atom. The van der Waals surface area contributed by atoms with E-state index in [4.69, 9.17) is 16.3 Å². The number of thiophene rings is 1. The highest BCUT2D eigenvalue weighted by atomic mass is 35.5. The van der Waals surface area contributed by atoms with E-state index >= 15 is 0 Å². The van der Waals surface area contributed by atoms with Crippen molar-refractivity contribution in [1.29, 1.82) is 0 Å². The van der Waals surface area contributed by atoms with Crippen molar-refractivity contribution < 1.29 is 14.6 Å². The lowest BCUT2D eigenvalue weighted by Gasteiger charge is -1.98. The van der Waals surface area contributed by atoms with Crippen LogP contribution in [0.1, 0.15) is 22.4 Å². The molecule has 0 atom stereocenters. The van der Waals surface area contributed by atoms with Crippen LogP contribution >= 0.6 is 22.9 Å². The normalized spacial score (nSPS) is 10.8. The third kappa shape index (κ3) is 2.05. The molecule has 2 aromatic heterocycles. The van der Waals surface area contributed by atoms with Crippen molar-refractivity contribution in [1.82, 2.24) is 9.97 Å². The second kappa shape index (κ2) is 4.46. The molecule has 0 unspecified atom stereocenters. The average Bonchev–Trinajstić information content (AvgIpc) is 2.56. The second-order valence-electron chi connectivity index (χ2n) is 3.24. The number of rotatable bonds is 2. The number of hydrogen-bond acceptors (Lipinski definition) is 6. The SMILES string of the molecule is CCOC(=O)c1sc2nc(C)nc(Cl)c2c1O. The van der Waals surface area contributed by atoms with Crippen LogP contribution in [0.3, 0.4) is 0 Å². The summed E-state index contributed by atoms with van der Waals surface area (Å²) in [7, 11) is 0. The van der Waals surface area contributed by atoms with E-state index in [1.54, 1.807) is 13.8 Å². The summed E-state index contributed by atoms with van der Waals surface area (Å²) in [5, 5.41) is 10.3. The van der Waals surface area contributed by atoms with Gasteiger partial charge in [0, 0.05) is 0 Å². The zero-order valence-corrected chi connectivity index (χ0v) is 10.7. The first kappa shape index (κ1) is 12.1. The number of fused-ring (bicyclic) bond motifs is 1. The molecule has 0 bridgehead atoms. The maximum Gasteiger partial charge on any atom is 0.352 e. The fourth-order valence-electron chi connectivity index (χ4n) is 1.38. The number of carbonyl (C=O) groups is 1. The molecule has 0 radical (unpaired) electrons. The summed E-state index contributed by atoms with van der Waals surface area (Å²) in [6.07, 6.45) is 0. The number of aryl methyl sites for hydroxylation is 1. The minimum absolute atomic E-state index is 0.101. The van der Waals surface area contributed by atoms with Crippen molar-refractivity contribution in [3.8, 4) is 5.75 Å². The van der Waals surface area contributed by atoms with E-state index in [9.17, 15) is 9.90 Å². The van der Waals surface area contributed by atoms with Crippen molar-refractivity contribution in [3.05, 3.63) is 15.9 Å². The van der Waals surface area contributed by atoms with Gasteiger partial charge in [-0.15, -0.1) is 11.3 Å². The highest BCUT2D eigenvalue weighted by Crippen LogP contribution is 2.39. The summed E-state index contributed by atoms with van der Waals surface area (Å²) in [5.74, 6) is -0.311. The van der Waals surface area contributed by atoms with Crippen LogP contribution in [0.2, 0.25) is 5.15 Å². The molecule has 2 aromatic rings. The molecular formula is C10H9ClN2O3S. The van der Waals surface area contributed by atoms with Crippen LogP contribution in [-0.4, -0.2) is 27.7 Å². The molecule has 0 aliphatic rings. The van der Waals surface area contributed by atoms with Gasteiger partial charge in [0.2, 0.25) is 0 Å². The van der Waals surface area contributed by atoms with E-state index in [1.165, 1.54) is 0 Å². The van der Waals surface area contributed by atoms with Gasteiger partial charge in [-0.3, -0.25) is 0 Å². The molecule has 0 saturated carbocycles. The van der Waals surface area contributed by atoms with E-state index in [-0.39, 0.29) is 22.4 Å². The molecule has 17 heavy (non-hydrogen) atoms. The zero-order chi connectivity index (χ0) is 12.6. The maximum absolute atomic E-state index is 11.6. The number of halogens is 1. The van der Waals surface area contributed by atoms with Crippen LogP contribution in [-0.2, 0) is 4.74 Å². The van der Waals surface area contributed by atoms with Crippen LogP contribution in [0.25, 0.3) is 10.2 Å². The third-order valence-corrected chi connectivity index (χ3v) is 3.38. The largest absolute Gasteiger partial charge is 0.505 e. The maximum atomic E-state index is 11.6. The van der Waals surface area contributed by atoms with Crippen LogP contribution in [0.4, 0.5) is 0 Å². The van der Waals surface area contributed by atoms with Crippen molar-refractivity contribution >= 4 is 39.1 Å². The van der Waals surface area contributed by atoms with E-state index in [0.717, 1.165) is 11.3 Å². The first-order chi connectivity index (χ1) is 8.04. The van der Waals surface area contributed by atoms with E-state index in [2.05, 4.69) is 9.97 Å². The van der Waals surface area contributed by atoms with E-state index in [0.29, 0.717) is 16.0 Å². The Morgan fingerprint density at radius 2 is 2.24 bits per heavy atom. The number of aromatic hydroxyl groups is 1. The molecule has 0 amide bonds. The standard InChI is InChI=1S/C10H9ClN2O3S/c1-3-16-10(15)7-6(14)5-8(11)12-4(2)13-9(5)17-7/h14H,3H2,1-2H3. The molecule has 0 aromatic carbocycles. The van der Waals surface area contributed by atoms with Crippen LogP contribution in [0.15, 0.2) is 0 Å². The van der Waals surface area contributed by atoms with Gasteiger partial charge < -0.3 is 9.84 Å². The van der Waals surface area contributed by atoms with E-state index < -0.39 is 5.97 Å². The molecule has 7 heteroatoms. The quantitative estimate of drug-likeness (QED) is 0.672.